The second-order valence-corrected chi connectivity index (χ2v) is 8.33. The van der Waals surface area contributed by atoms with Gasteiger partial charge >= 0.3 is 5.97 Å². The van der Waals surface area contributed by atoms with Crippen molar-refractivity contribution in [2.45, 2.75) is 33.7 Å². The van der Waals surface area contributed by atoms with Crippen LogP contribution in [0.1, 0.15) is 42.6 Å². The minimum absolute atomic E-state index is 0.315. The molecule has 0 atom stereocenters. The molecular formula is C24H25ClN4O2. The molecule has 0 amide bonds. The van der Waals surface area contributed by atoms with Crippen molar-refractivity contribution in [2.24, 2.45) is 5.92 Å². The Kier molecular flexibility index (Phi) is 6.09. The summed E-state index contributed by atoms with van der Waals surface area (Å²) in [5, 5.41) is 9.97. The minimum Gasteiger partial charge on any atom is -0.461 e. The molecule has 0 fully saturated rings. The van der Waals surface area contributed by atoms with Crippen LogP contribution in [0.4, 0.5) is 0 Å². The highest BCUT2D eigenvalue weighted by Crippen LogP contribution is 2.24. The fourth-order valence-corrected chi connectivity index (χ4v) is 3.87. The Labute approximate surface area is 186 Å². The van der Waals surface area contributed by atoms with Crippen molar-refractivity contribution in [1.82, 2.24) is 19.4 Å². The summed E-state index contributed by atoms with van der Waals surface area (Å²) >= 11 is 6.42. The van der Waals surface area contributed by atoms with Crippen molar-refractivity contribution in [1.29, 1.82) is 0 Å². The van der Waals surface area contributed by atoms with Crippen LogP contribution in [0.2, 0.25) is 5.02 Å². The summed E-state index contributed by atoms with van der Waals surface area (Å²) in [6.45, 7) is 6.82. The van der Waals surface area contributed by atoms with Crippen LogP contribution in [0.25, 0.3) is 16.8 Å². The van der Waals surface area contributed by atoms with Crippen LogP contribution in [0, 0.1) is 5.92 Å². The number of nitrogens with zero attached hydrogens (tertiary/aromatic N) is 4. The molecule has 3 aromatic heterocycles. The average molecular weight is 437 g/mol. The van der Waals surface area contributed by atoms with E-state index < -0.39 is 5.97 Å². The highest BCUT2D eigenvalue weighted by molar-refractivity contribution is 6.31. The number of carbonyl (C=O) groups is 1. The van der Waals surface area contributed by atoms with Gasteiger partial charge in [0.05, 0.1) is 30.1 Å². The molecule has 6 nitrogen and oxygen atoms in total. The molecule has 160 valence electrons. The normalized spacial score (nSPS) is 11.4. The second kappa shape index (κ2) is 8.94. The van der Waals surface area contributed by atoms with Gasteiger partial charge in [-0.2, -0.15) is 10.2 Å². The van der Waals surface area contributed by atoms with Crippen LogP contribution in [0.15, 0.2) is 54.6 Å². The van der Waals surface area contributed by atoms with Gasteiger partial charge in [-0.1, -0.05) is 55.8 Å². The van der Waals surface area contributed by atoms with Gasteiger partial charge in [-0.05, 0) is 43.5 Å². The van der Waals surface area contributed by atoms with Crippen molar-refractivity contribution < 1.29 is 9.53 Å². The first-order valence-corrected chi connectivity index (χ1v) is 10.8. The van der Waals surface area contributed by atoms with Gasteiger partial charge < -0.3 is 4.74 Å². The highest BCUT2D eigenvalue weighted by Gasteiger charge is 2.18. The first-order chi connectivity index (χ1) is 14.9. The zero-order valence-electron chi connectivity index (χ0n) is 17.9. The molecule has 0 spiro atoms. The van der Waals surface area contributed by atoms with Crippen molar-refractivity contribution in [3.8, 4) is 11.3 Å². The zero-order chi connectivity index (χ0) is 22.0. The minimum atomic E-state index is -0.409. The fraction of sp³-hybridized carbons (Fsp3) is 0.292. The van der Waals surface area contributed by atoms with Gasteiger partial charge in [0.15, 0.2) is 5.69 Å². The third kappa shape index (κ3) is 4.64. The average Bonchev–Trinajstić information content (AvgIpc) is 3.33. The van der Waals surface area contributed by atoms with E-state index in [0.717, 1.165) is 34.6 Å². The molecule has 0 aliphatic carbocycles. The van der Waals surface area contributed by atoms with E-state index in [1.54, 1.807) is 6.92 Å². The summed E-state index contributed by atoms with van der Waals surface area (Å²) in [4.78, 5) is 12.2. The van der Waals surface area contributed by atoms with Crippen LogP contribution < -0.4 is 0 Å². The van der Waals surface area contributed by atoms with E-state index in [9.17, 15) is 4.79 Å². The Morgan fingerprint density at radius 1 is 1.06 bits per heavy atom. The number of fused-ring (bicyclic) bond motifs is 1. The molecule has 0 aliphatic heterocycles. The lowest BCUT2D eigenvalue weighted by Gasteiger charge is -2.11. The van der Waals surface area contributed by atoms with E-state index in [4.69, 9.17) is 21.4 Å². The smallest absolute Gasteiger partial charge is 0.358 e. The quantitative estimate of drug-likeness (QED) is 0.370. The third-order valence-electron chi connectivity index (χ3n) is 4.95. The number of pyridine rings is 1. The van der Waals surface area contributed by atoms with Crippen LogP contribution in [0.3, 0.4) is 0 Å². The van der Waals surface area contributed by atoms with Gasteiger partial charge in [0.25, 0.3) is 0 Å². The number of esters is 1. The summed E-state index contributed by atoms with van der Waals surface area (Å²) in [6, 6.07) is 17.7. The molecular weight excluding hydrogens is 412 g/mol. The second-order valence-electron chi connectivity index (χ2n) is 7.89. The zero-order valence-corrected chi connectivity index (χ0v) is 18.6. The summed E-state index contributed by atoms with van der Waals surface area (Å²) < 4.78 is 8.88. The van der Waals surface area contributed by atoms with Crippen molar-refractivity contribution in [3.63, 3.8) is 0 Å². The Balaban J connectivity index is 1.75. The van der Waals surface area contributed by atoms with Gasteiger partial charge in [-0.25, -0.2) is 9.31 Å². The standard InChI is InChI=1S/C24H25ClN4O2/c1-4-31-24(30)23-13-19(10-16(2)3)28(26-23)15-21-12-18(25)11-20-14-22(27-29(20)21)17-8-6-5-7-9-17/h5-9,11-14,16H,4,10,15H2,1-3H3. The predicted octanol–water partition coefficient (Wildman–Crippen LogP) is 5.27. The molecule has 0 saturated heterocycles. The van der Waals surface area contributed by atoms with E-state index in [-0.39, 0.29) is 0 Å². The molecule has 0 bridgehead atoms. The van der Waals surface area contributed by atoms with Gasteiger partial charge in [0, 0.05) is 16.3 Å². The van der Waals surface area contributed by atoms with Crippen LogP contribution in [-0.4, -0.2) is 32.0 Å². The first-order valence-electron chi connectivity index (χ1n) is 10.4. The lowest BCUT2D eigenvalue weighted by atomic mass is 10.1. The Morgan fingerprint density at radius 2 is 1.84 bits per heavy atom. The number of ether oxygens (including phenoxy) is 1. The summed E-state index contributed by atoms with van der Waals surface area (Å²) in [5.41, 5.74) is 5.00. The lowest BCUT2D eigenvalue weighted by molar-refractivity contribution is 0.0518. The van der Waals surface area contributed by atoms with Crippen LogP contribution in [0.5, 0.6) is 0 Å². The fourth-order valence-electron chi connectivity index (χ4n) is 3.63. The maximum Gasteiger partial charge on any atom is 0.358 e. The molecule has 0 aliphatic rings. The number of hydrogen-bond donors (Lipinski definition) is 0. The number of halogens is 1. The lowest BCUT2D eigenvalue weighted by Crippen LogP contribution is -2.13. The van der Waals surface area contributed by atoms with E-state index >= 15 is 0 Å². The Hall–Kier alpha value is -3.12. The van der Waals surface area contributed by atoms with Crippen molar-refractivity contribution in [3.05, 3.63) is 76.7 Å². The topological polar surface area (TPSA) is 61.4 Å². The molecule has 0 N–H and O–H groups in total. The van der Waals surface area contributed by atoms with Crippen LogP contribution in [-0.2, 0) is 17.7 Å². The van der Waals surface area contributed by atoms with Gasteiger partial charge in [-0.3, -0.25) is 4.68 Å². The molecule has 7 heteroatoms. The van der Waals surface area contributed by atoms with E-state index in [1.165, 1.54) is 0 Å². The van der Waals surface area contributed by atoms with Crippen molar-refractivity contribution >= 4 is 23.1 Å². The molecule has 0 unspecified atom stereocenters. The molecule has 0 saturated carbocycles. The maximum atomic E-state index is 12.2. The molecule has 1 aromatic carbocycles. The van der Waals surface area contributed by atoms with Gasteiger partial charge in [0.2, 0.25) is 0 Å². The predicted molar refractivity (Wildman–Crippen MR) is 121 cm³/mol. The Morgan fingerprint density at radius 3 is 2.55 bits per heavy atom. The largest absolute Gasteiger partial charge is 0.461 e. The molecule has 0 radical (unpaired) electrons. The number of aromatic nitrogens is 4. The number of benzene rings is 1. The summed E-state index contributed by atoms with van der Waals surface area (Å²) in [6.07, 6.45) is 0.796. The summed E-state index contributed by atoms with van der Waals surface area (Å²) in [7, 11) is 0. The van der Waals surface area contributed by atoms with E-state index in [2.05, 4.69) is 18.9 Å². The third-order valence-corrected chi connectivity index (χ3v) is 5.16. The SMILES string of the molecule is CCOC(=O)c1cc(CC(C)C)n(Cc2cc(Cl)cc3cc(-c4ccccc4)nn23)n1. The van der Waals surface area contributed by atoms with Crippen LogP contribution >= 0.6 is 11.6 Å². The monoisotopic (exact) mass is 436 g/mol. The highest BCUT2D eigenvalue weighted by atomic mass is 35.5. The molecule has 3 heterocycles. The van der Waals surface area contributed by atoms with E-state index in [0.29, 0.717) is 29.8 Å². The van der Waals surface area contributed by atoms with E-state index in [1.807, 2.05) is 63.8 Å². The van der Waals surface area contributed by atoms with Crippen molar-refractivity contribution in [2.75, 3.05) is 6.61 Å². The Bertz CT molecular complexity index is 1210. The van der Waals surface area contributed by atoms with Gasteiger partial charge in [-0.15, -0.1) is 0 Å². The number of hydrogen-bond acceptors (Lipinski definition) is 4. The number of rotatable bonds is 7. The maximum absolute atomic E-state index is 12.2. The number of carbonyl (C=O) groups excluding carboxylic acids is 1. The molecule has 4 rings (SSSR count). The summed E-state index contributed by atoms with van der Waals surface area (Å²) in [5.74, 6) is 0.00668. The molecule has 31 heavy (non-hydrogen) atoms. The molecule has 4 aromatic rings. The van der Waals surface area contributed by atoms with Gasteiger partial charge in [0.1, 0.15) is 0 Å². The first kappa shape index (κ1) is 21.1.